The van der Waals surface area contributed by atoms with Gasteiger partial charge in [0, 0.05) is 16.4 Å². The Balaban J connectivity index is 2.32. The van der Waals surface area contributed by atoms with E-state index in [4.69, 9.17) is 11.6 Å². The zero-order valence-corrected chi connectivity index (χ0v) is 12.4. The van der Waals surface area contributed by atoms with Gasteiger partial charge in [0.1, 0.15) is 0 Å². The van der Waals surface area contributed by atoms with Crippen molar-refractivity contribution in [1.82, 2.24) is 5.32 Å². The summed E-state index contributed by atoms with van der Waals surface area (Å²) >= 11 is 7.91. The van der Waals surface area contributed by atoms with Gasteiger partial charge in [-0.3, -0.25) is 0 Å². The van der Waals surface area contributed by atoms with Crippen LogP contribution in [0, 0.1) is 6.92 Å². The molecule has 96 valence electrons. The molecule has 2 aromatic rings. The van der Waals surface area contributed by atoms with E-state index in [1.807, 2.05) is 6.07 Å². The molecule has 2 rings (SSSR count). The Morgan fingerprint density at radius 1 is 1.22 bits per heavy atom. The molecule has 1 heterocycles. The summed E-state index contributed by atoms with van der Waals surface area (Å²) in [5, 5.41) is 6.39. The first-order valence-corrected chi connectivity index (χ1v) is 7.51. The van der Waals surface area contributed by atoms with Gasteiger partial charge in [0.15, 0.2) is 0 Å². The smallest absolute Gasteiger partial charge is 0.0412 e. The van der Waals surface area contributed by atoms with Crippen LogP contribution in [0.5, 0.6) is 0 Å². The molecule has 0 aliphatic rings. The minimum atomic E-state index is 0.801. The molecule has 0 fully saturated rings. The molecule has 3 heteroatoms. The van der Waals surface area contributed by atoms with Crippen molar-refractivity contribution >= 4 is 22.9 Å². The molecule has 0 aliphatic carbocycles. The molecule has 1 nitrogen and oxygen atoms in total. The predicted octanol–water partition coefficient (Wildman–Crippen LogP) is 4.88. The summed E-state index contributed by atoms with van der Waals surface area (Å²) in [6.07, 6.45) is 1.15. The lowest BCUT2D eigenvalue weighted by molar-refractivity contribution is 0.676. The summed E-state index contributed by atoms with van der Waals surface area (Å²) in [6.45, 7) is 6.28. The average molecular weight is 280 g/mol. The topological polar surface area (TPSA) is 12.0 Å². The van der Waals surface area contributed by atoms with E-state index < -0.39 is 0 Å². The van der Waals surface area contributed by atoms with Crippen LogP contribution in [-0.2, 0) is 6.54 Å². The van der Waals surface area contributed by atoms with E-state index in [-0.39, 0.29) is 0 Å². The number of nitrogens with one attached hydrogen (secondary N) is 1. The van der Waals surface area contributed by atoms with E-state index >= 15 is 0 Å². The van der Waals surface area contributed by atoms with Gasteiger partial charge >= 0.3 is 0 Å². The van der Waals surface area contributed by atoms with Crippen molar-refractivity contribution in [3.63, 3.8) is 0 Å². The Labute approximate surface area is 118 Å². The highest BCUT2D eigenvalue weighted by Crippen LogP contribution is 2.32. The van der Waals surface area contributed by atoms with Crippen LogP contribution in [0.3, 0.4) is 0 Å². The monoisotopic (exact) mass is 279 g/mol. The molecule has 1 N–H and O–H groups in total. The van der Waals surface area contributed by atoms with Crippen molar-refractivity contribution < 1.29 is 0 Å². The van der Waals surface area contributed by atoms with Crippen LogP contribution in [0.4, 0.5) is 0 Å². The lowest BCUT2D eigenvalue weighted by Crippen LogP contribution is -2.14. The van der Waals surface area contributed by atoms with Gasteiger partial charge in [0.25, 0.3) is 0 Å². The predicted molar refractivity (Wildman–Crippen MR) is 81.5 cm³/mol. The fourth-order valence-electron chi connectivity index (χ4n) is 2.02. The third-order valence-electron chi connectivity index (χ3n) is 2.96. The van der Waals surface area contributed by atoms with Gasteiger partial charge in [-0.05, 0) is 60.2 Å². The van der Waals surface area contributed by atoms with Gasteiger partial charge in [-0.25, -0.2) is 0 Å². The van der Waals surface area contributed by atoms with Crippen LogP contribution in [0.15, 0.2) is 29.6 Å². The number of hydrogen-bond acceptors (Lipinski definition) is 2. The van der Waals surface area contributed by atoms with Gasteiger partial charge in [0.2, 0.25) is 0 Å². The fraction of sp³-hybridized carbons (Fsp3) is 0.333. The zero-order valence-electron chi connectivity index (χ0n) is 10.8. The van der Waals surface area contributed by atoms with Crippen LogP contribution in [0.25, 0.3) is 11.1 Å². The summed E-state index contributed by atoms with van der Waals surface area (Å²) in [6, 6.07) is 8.34. The first kappa shape index (κ1) is 13.6. The number of hydrogen-bond donors (Lipinski definition) is 1. The van der Waals surface area contributed by atoms with Gasteiger partial charge in [-0.2, -0.15) is 0 Å². The minimum absolute atomic E-state index is 0.801. The minimum Gasteiger partial charge on any atom is -0.313 e. The summed E-state index contributed by atoms with van der Waals surface area (Å²) < 4.78 is 0. The van der Waals surface area contributed by atoms with Crippen molar-refractivity contribution in [2.24, 2.45) is 0 Å². The third-order valence-corrected chi connectivity index (χ3v) is 4.04. The normalized spacial score (nSPS) is 10.8. The molecule has 0 saturated heterocycles. The van der Waals surface area contributed by atoms with E-state index in [2.05, 4.69) is 42.7 Å². The van der Waals surface area contributed by atoms with Crippen molar-refractivity contribution in [2.75, 3.05) is 6.54 Å². The Hall–Kier alpha value is -0.830. The maximum atomic E-state index is 6.13. The largest absolute Gasteiger partial charge is 0.313 e. The zero-order chi connectivity index (χ0) is 13.0. The van der Waals surface area contributed by atoms with E-state index in [1.165, 1.54) is 21.6 Å². The molecule has 0 aliphatic heterocycles. The second-order valence-corrected chi connectivity index (χ2v) is 5.93. The Bertz CT molecular complexity index is 519. The fourth-order valence-corrected chi connectivity index (χ4v) is 2.90. The summed E-state index contributed by atoms with van der Waals surface area (Å²) in [7, 11) is 0. The van der Waals surface area contributed by atoms with E-state index in [1.54, 1.807) is 11.3 Å². The highest BCUT2D eigenvalue weighted by Gasteiger charge is 2.09. The first-order chi connectivity index (χ1) is 8.72. The van der Waals surface area contributed by atoms with Gasteiger partial charge in [0.05, 0.1) is 0 Å². The van der Waals surface area contributed by atoms with E-state index in [0.29, 0.717) is 0 Å². The molecular weight excluding hydrogens is 262 g/mol. The van der Waals surface area contributed by atoms with Crippen LogP contribution >= 0.6 is 22.9 Å². The second-order valence-electron chi connectivity index (χ2n) is 4.37. The van der Waals surface area contributed by atoms with Crippen molar-refractivity contribution in [2.45, 2.75) is 26.8 Å². The Morgan fingerprint density at radius 2 is 2.06 bits per heavy atom. The molecule has 18 heavy (non-hydrogen) atoms. The highest BCUT2D eigenvalue weighted by atomic mass is 35.5. The third kappa shape index (κ3) is 3.14. The lowest BCUT2D eigenvalue weighted by atomic mass is 10.0. The number of rotatable bonds is 5. The standard InChI is InChI=1S/C15H18ClNS/c1-3-7-17-10-12-4-5-13(16)9-15(12)14-6-8-18-11(14)2/h4-6,8-9,17H,3,7,10H2,1-2H3. The van der Waals surface area contributed by atoms with Crippen LogP contribution < -0.4 is 5.32 Å². The Kier molecular flexibility index (Phi) is 4.81. The van der Waals surface area contributed by atoms with Crippen LogP contribution in [0.1, 0.15) is 23.8 Å². The van der Waals surface area contributed by atoms with Crippen molar-refractivity contribution in [3.05, 3.63) is 45.1 Å². The molecule has 0 spiro atoms. The number of thiophene rings is 1. The molecule has 0 bridgehead atoms. The van der Waals surface area contributed by atoms with Crippen LogP contribution in [0.2, 0.25) is 5.02 Å². The molecule has 0 unspecified atom stereocenters. The van der Waals surface area contributed by atoms with E-state index in [9.17, 15) is 0 Å². The number of aryl methyl sites for hydroxylation is 1. The average Bonchev–Trinajstić information content (AvgIpc) is 2.77. The quantitative estimate of drug-likeness (QED) is 0.770. The van der Waals surface area contributed by atoms with Crippen molar-refractivity contribution in [1.29, 1.82) is 0 Å². The number of benzene rings is 1. The molecule has 0 atom stereocenters. The second kappa shape index (κ2) is 6.37. The van der Waals surface area contributed by atoms with Gasteiger partial charge in [-0.15, -0.1) is 11.3 Å². The van der Waals surface area contributed by atoms with Crippen LogP contribution in [-0.4, -0.2) is 6.54 Å². The molecule has 0 radical (unpaired) electrons. The first-order valence-electron chi connectivity index (χ1n) is 6.26. The Morgan fingerprint density at radius 3 is 2.72 bits per heavy atom. The number of halogens is 1. The molecular formula is C15H18ClNS. The van der Waals surface area contributed by atoms with Gasteiger partial charge < -0.3 is 5.32 Å². The SMILES string of the molecule is CCCNCc1ccc(Cl)cc1-c1ccsc1C. The summed E-state index contributed by atoms with van der Waals surface area (Å²) in [4.78, 5) is 1.34. The van der Waals surface area contributed by atoms with Gasteiger partial charge in [-0.1, -0.05) is 24.6 Å². The molecule has 1 aromatic carbocycles. The molecule has 1 aromatic heterocycles. The molecule has 0 saturated carbocycles. The lowest BCUT2D eigenvalue weighted by Gasteiger charge is -2.11. The van der Waals surface area contributed by atoms with Crippen molar-refractivity contribution in [3.8, 4) is 11.1 Å². The molecule has 0 amide bonds. The summed E-state index contributed by atoms with van der Waals surface area (Å²) in [5.41, 5.74) is 3.87. The van der Waals surface area contributed by atoms with E-state index in [0.717, 1.165) is 24.5 Å². The highest BCUT2D eigenvalue weighted by molar-refractivity contribution is 7.10. The summed E-state index contributed by atoms with van der Waals surface area (Å²) in [5.74, 6) is 0. The maximum Gasteiger partial charge on any atom is 0.0412 e. The maximum absolute atomic E-state index is 6.13.